The van der Waals surface area contributed by atoms with Gasteiger partial charge in [0.05, 0.1) is 6.20 Å². The zero-order chi connectivity index (χ0) is 9.38. The highest BCUT2D eigenvalue weighted by atomic mass is 15.1. The van der Waals surface area contributed by atoms with Gasteiger partial charge in [-0.25, -0.2) is 0 Å². The number of fused-ring (bicyclic) bond motifs is 3. The number of hydrogen-bond acceptors (Lipinski definition) is 2. The highest BCUT2D eigenvalue weighted by molar-refractivity contribution is 5.64. The van der Waals surface area contributed by atoms with E-state index in [4.69, 9.17) is 0 Å². The lowest BCUT2D eigenvalue weighted by Gasteiger charge is -2.39. The van der Waals surface area contributed by atoms with Gasteiger partial charge in [-0.1, -0.05) is 6.08 Å². The van der Waals surface area contributed by atoms with Crippen molar-refractivity contribution in [1.29, 1.82) is 0 Å². The molecule has 1 saturated heterocycles. The van der Waals surface area contributed by atoms with Crippen LogP contribution in [-0.2, 0) is 0 Å². The largest absolute Gasteiger partial charge is 0.311 e. The predicted octanol–water partition coefficient (Wildman–Crippen LogP) is 1.71. The number of nitrogens with zero attached hydrogens (tertiary/aromatic N) is 1. The van der Waals surface area contributed by atoms with Gasteiger partial charge in [0.2, 0.25) is 0 Å². The van der Waals surface area contributed by atoms with Gasteiger partial charge < -0.3 is 5.32 Å². The summed E-state index contributed by atoms with van der Waals surface area (Å²) in [6.45, 7) is 0. The Bertz CT molecular complexity index is 333. The number of aromatic nitrogens is 2. The van der Waals surface area contributed by atoms with Gasteiger partial charge in [-0.15, -0.1) is 0 Å². The molecule has 3 heteroatoms. The molecule has 0 radical (unpaired) electrons. The summed E-state index contributed by atoms with van der Waals surface area (Å²) < 4.78 is 0. The van der Waals surface area contributed by atoms with Gasteiger partial charge in [-0.3, -0.25) is 5.10 Å². The summed E-state index contributed by atoms with van der Waals surface area (Å²) in [5.74, 6) is 0. The van der Waals surface area contributed by atoms with Crippen LogP contribution in [0.15, 0.2) is 18.5 Å². The minimum absolute atomic E-state index is 0.738. The normalized spacial score (nSPS) is 35.0. The number of H-pyrrole nitrogens is 1. The maximum absolute atomic E-state index is 4.00. The number of hydrogen-bond donors (Lipinski definition) is 2. The molecular formula is C11H15N3. The zero-order valence-electron chi connectivity index (χ0n) is 8.16. The molecule has 0 amide bonds. The maximum Gasteiger partial charge on any atom is 0.0562 e. The van der Waals surface area contributed by atoms with Gasteiger partial charge in [-0.05, 0) is 31.3 Å². The van der Waals surface area contributed by atoms with Crippen LogP contribution in [0.2, 0.25) is 0 Å². The summed E-state index contributed by atoms with van der Waals surface area (Å²) in [6.07, 6.45) is 11.3. The lowest BCUT2D eigenvalue weighted by atomic mass is 9.85. The molecule has 0 aromatic carbocycles. The first kappa shape index (κ1) is 8.24. The van der Waals surface area contributed by atoms with E-state index in [9.17, 15) is 0 Å². The van der Waals surface area contributed by atoms with Crippen LogP contribution in [0.4, 0.5) is 0 Å². The van der Waals surface area contributed by atoms with Gasteiger partial charge in [0.1, 0.15) is 0 Å². The van der Waals surface area contributed by atoms with Gasteiger partial charge in [0.25, 0.3) is 0 Å². The minimum atomic E-state index is 0.738. The van der Waals surface area contributed by atoms with Crippen molar-refractivity contribution >= 4 is 5.57 Å². The van der Waals surface area contributed by atoms with E-state index >= 15 is 0 Å². The molecule has 2 bridgehead atoms. The van der Waals surface area contributed by atoms with E-state index < -0.39 is 0 Å². The number of nitrogens with one attached hydrogen (secondary N) is 2. The second kappa shape index (κ2) is 3.24. The van der Waals surface area contributed by atoms with Crippen LogP contribution in [0, 0.1) is 0 Å². The average Bonchev–Trinajstić information content (AvgIpc) is 2.51. The van der Waals surface area contributed by atoms with E-state index in [-0.39, 0.29) is 0 Å². The lowest BCUT2D eigenvalue weighted by molar-refractivity contribution is 0.251. The summed E-state index contributed by atoms with van der Waals surface area (Å²) in [4.78, 5) is 0. The third-order valence-electron chi connectivity index (χ3n) is 3.32. The summed E-state index contributed by atoms with van der Waals surface area (Å²) in [7, 11) is 0. The molecule has 2 aliphatic heterocycles. The third kappa shape index (κ3) is 1.38. The van der Waals surface area contributed by atoms with Crippen LogP contribution >= 0.6 is 0 Å². The Labute approximate surface area is 83.6 Å². The summed E-state index contributed by atoms with van der Waals surface area (Å²) in [5.41, 5.74) is 2.74. The molecule has 1 aliphatic carbocycles. The molecule has 0 saturated carbocycles. The van der Waals surface area contributed by atoms with E-state index in [0.717, 1.165) is 12.1 Å². The smallest absolute Gasteiger partial charge is 0.0562 e. The summed E-state index contributed by atoms with van der Waals surface area (Å²) >= 11 is 0. The quantitative estimate of drug-likeness (QED) is 0.706. The third-order valence-corrected chi connectivity index (χ3v) is 3.32. The van der Waals surface area contributed by atoms with Crippen LogP contribution in [0.5, 0.6) is 0 Å². The molecule has 3 aliphatic rings. The fourth-order valence-corrected chi connectivity index (χ4v) is 2.42. The highest BCUT2D eigenvalue weighted by Crippen LogP contribution is 2.29. The minimum Gasteiger partial charge on any atom is -0.311 e. The predicted molar refractivity (Wildman–Crippen MR) is 55.7 cm³/mol. The van der Waals surface area contributed by atoms with Crippen molar-refractivity contribution in [2.45, 2.75) is 37.8 Å². The van der Waals surface area contributed by atoms with Crippen molar-refractivity contribution in [1.82, 2.24) is 15.5 Å². The Morgan fingerprint density at radius 2 is 2.29 bits per heavy atom. The molecule has 14 heavy (non-hydrogen) atoms. The van der Waals surface area contributed by atoms with Crippen molar-refractivity contribution in [2.24, 2.45) is 0 Å². The van der Waals surface area contributed by atoms with Crippen molar-refractivity contribution < 1.29 is 0 Å². The molecule has 1 aromatic rings. The van der Waals surface area contributed by atoms with E-state index in [1.807, 2.05) is 12.4 Å². The first-order chi connectivity index (χ1) is 6.92. The summed E-state index contributed by atoms with van der Waals surface area (Å²) in [5, 5.41) is 10.5. The molecule has 74 valence electrons. The first-order valence-electron chi connectivity index (χ1n) is 5.36. The van der Waals surface area contributed by atoms with Gasteiger partial charge in [0.15, 0.2) is 0 Å². The maximum atomic E-state index is 4.00. The Kier molecular flexibility index (Phi) is 1.91. The van der Waals surface area contributed by atoms with Crippen LogP contribution in [0.1, 0.15) is 31.2 Å². The van der Waals surface area contributed by atoms with Crippen molar-refractivity contribution in [2.75, 3.05) is 0 Å². The number of allylic oxidation sites excluding steroid dienone is 1. The fraction of sp³-hybridized carbons (Fsp3) is 0.545. The van der Waals surface area contributed by atoms with E-state index in [1.54, 1.807) is 0 Å². The second-order valence-electron chi connectivity index (χ2n) is 4.29. The van der Waals surface area contributed by atoms with E-state index in [1.165, 1.54) is 36.8 Å². The number of aromatic amines is 1. The van der Waals surface area contributed by atoms with Gasteiger partial charge in [0, 0.05) is 23.8 Å². The van der Waals surface area contributed by atoms with Crippen LogP contribution in [0.25, 0.3) is 5.57 Å². The van der Waals surface area contributed by atoms with Crippen LogP contribution in [-0.4, -0.2) is 22.3 Å². The van der Waals surface area contributed by atoms with Crippen LogP contribution in [0.3, 0.4) is 0 Å². The summed E-state index contributed by atoms with van der Waals surface area (Å²) in [6, 6.07) is 1.51. The Morgan fingerprint density at radius 1 is 1.36 bits per heavy atom. The van der Waals surface area contributed by atoms with Crippen molar-refractivity contribution in [3.63, 3.8) is 0 Å². The molecule has 2 N–H and O–H groups in total. The molecule has 1 fully saturated rings. The monoisotopic (exact) mass is 189 g/mol. The number of rotatable bonds is 1. The lowest BCUT2D eigenvalue weighted by Crippen LogP contribution is -2.52. The molecular weight excluding hydrogens is 174 g/mol. The SMILES string of the molecule is C1=C(/c2cn[nH]c2)CCC2CC(C/1)N2. The van der Waals surface area contributed by atoms with Gasteiger partial charge in [-0.2, -0.15) is 5.10 Å². The molecule has 2 atom stereocenters. The first-order valence-corrected chi connectivity index (χ1v) is 5.36. The van der Waals surface area contributed by atoms with E-state index in [0.29, 0.717) is 0 Å². The molecule has 3 heterocycles. The average molecular weight is 189 g/mol. The second-order valence-corrected chi connectivity index (χ2v) is 4.29. The molecule has 2 unspecified atom stereocenters. The van der Waals surface area contributed by atoms with Crippen LogP contribution < -0.4 is 5.32 Å². The standard InChI is InChI=1S/C11H15N3/c1-3-10-5-11(14-10)4-2-8(1)9-6-12-13-7-9/h1,6-7,10-11,14H,2-5H2,(H,12,13)/b8-1+. The molecule has 1 aromatic heterocycles. The Hall–Kier alpha value is -1.09. The van der Waals surface area contributed by atoms with E-state index in [2.05, 4.69) is 21.6 Å². The zero-order valence-corrected chi connectivity index (χ0v) is 8.16. The van der Waals surface area contributed by atoms with Crippen molar-refractivity contribution in [3.8, 4) is 0 Å². The molecule has 3 nitrogen and oxygen atoms in total. The highest BCUT2D eigenvalue weighted by Gasteiger charge is 2.28. The fourth-order valence-electron chi connectivity index (χ4n) is 2.42. The Balaban J connectivity index is 1.82. The molecule has 0 spiro atoms. The van der Waals surface area contributed by atoms with Gasteiger partial charge >= 0.3 is 0 Å². The molecule has 4 rings (SSSR count). The topological polar surface area (TPSA) is 40.7 Å². The Morgan fingerprint density at radius 3 is 3.07 bits per heavy atom. The van der Waals surface area contributed by atoms with Crippen molar-refractivity contribution in [3.05, 3.63) is 24.0 Å².